The molecule has 0 fully saturated rings. The molecular weight excluding hydrogens is 478 g/mol. The molecule has 0 aliphatic heterocycles. The first-order valence-corrected chi connectivity index (χ1v) is 6.55. The summed E-state index contributed by atoms with van der Waals surface area (Å²) in [7, 11) is 0. The van der Waals surface area contributed by atoms with Crippen molar-refractivity contribution >= 4 is 21.5 Å². The quantitative estimate of drug-likeness (QED) is 0.227. The van der Waals surface area contributed by atoms with Crippen molar-refractivity contribution in [2.24, 2.45) is 0 Å². The van der Waals surface area contributed by atoms with Crippen molar-refractivity contribution in [3.05, 3.63) is 84.4 Å². The van der Waals surface area contributed by atoms with Gasteiger partial charge in [0.15, 0.2) is 0 Å². The summed E-state index contributed by atoms with van der Waals surface area (Å²) in [5, 5.41) is 5.36. The standard InChI is InChI=1S/C10H9.C9H7.2ClH.Hf/c1-8-6-9-4-2-3-5-10(9)7-8;1-2-5-9-7-3-6-8(9)4-1;;;/h2-7H,1H3;1-7H;2*1H;/q2*-1;;;+4/p-2. The molecule has 0 heterocycles. The van der Waals surface area contributed by atoms with Crippen LogP contribution in [0.1, 0.15) is 5.56 Å². The van der Waals surface area contributed by atoms with Crippen LogP contribution in [0.5, 0.6) is 0 Å². The maximum atomic E-state index is 2.20. The summed E-state index contributed by atoms with van der Waals surface area (Å²) >= 11 is 0. The van der Waals surface area contributed by atoms with Gasteiger partial charge in [0.2, 0.25) is 0 Å². The second-order valence-corrected chi connectivity index (χ2v) is 4.82. The van der Waals surface area contributed by atoms with Crippen molar-refractivity contribution in [3.8, 4) is 0 Å². The maximum absolute atomic E-state index is 2.20. The third-order valence-corrected chi connectivity index (χ3v) is 3.31. The predicted octanol–water partition coefficient (Wildman–Crippen LogP) is -0.569. The fourth-order valence-corrected chi connectivity index (χ4v) is 2.38. The van der Waals surface area contributed by atoms with Crippen molar-refractivity contribution < 1.29 is 50.7 Å². The van der Waals surface area contributed by atoms with Crippen LogP contribution in [0.4, 0.5) is 0 Å². The summed E-state index contributed by atoms with van der Waals surface area (Å²) in [6.45, 7) is 2.12. The van der Waals surface area contributed by atoms with Gasteiger partial charge >= 0.3 is 25.8 Å². The van der Waals surface area contributed by atoms with Gasteiger partial charge in [0, 0.05) is 0 Å². The Kier molecular flexibility index (Phi) is 9.59. The molecule has 0 unspecified atom stereocenters. The van der Waals surface area contributed by atoms with Crippen LogP contribution >= 0.6 is 0 Å². The van der Waals surface area contributed by atoms with Gasteiger partial charge in [-0.3, -0.25) is 0 Å². The fraction of sp³-hybridized carbons (Fsp3) is 0.0526. The van der Waals surface area contributed by atoms with Gasteiger partial charge in [0.1, 0.15) is 0 Å². The molecule has 110 valence electrons. The molecule has 0 radical (unpaired) electrons. The van der Waals surface area contributed by atoms with E-state index >= 15 is 0 Å². The molecule has 0 aliphatic rings. The fourth-order valence-electron chi connectivity index (χ4n) is 2.38. The van der Waals surface area contributed by atoms with E-state index in [1.807, 2.05) is 0 Å². The van der Waals surface area contributed by atoms with Crippen LogP contribution in [0.2, 0.25) is 0 Å². The Hall–Kier alpha value is -0.890. The summed E-state index contributed by atoms with van der Waals surface area (Å²) in [4.78, 5) is 0. The molecule has 22 heavy (non-hydrogen) atoms. The molecule has 3 heteroatoms. The molecule has 0 saturated carbocycles. The van der Waals surface area contributed by atoms with Crippen LogP contribution < -0.4 is 24.8 Å². The van der Waals surface area contributed by atoms with Crippen molar-refractivity contribution in [1.82, 2.24) is 0 Å². The second-order valence-electron chi connectivity index (χ2n) is 4.82. The Morgan fingerprint density at radius 1 is 0.727 bits per heavy atom. The number of hydrogen-bond donors (Lipinski definition) is 0. The van der Waals surface area contributed by atoms with E-state index in [9.17, 15) is 0 Å². The first-order chi connectivity index (χ1) is 9.33. The zero-order chi connectivity index (χ0) is 13.1. The van der Waals surface area contributed by atoms with E-state index in [1.165, 1.54) is 27.1 Å². The summed E-state index contributed by atoms with van der Waals surface area (Å²) in [6.07, 6.45) is 0. The van der Waals surface area contributed by atoms with Crippen molar-refractivity contribution in [2.75, 3.05) is 0 Å². The minimum atomic E-state index is 0. The molecule has 4 aromatic rings. The normalized spacial score (nSPS) is 8.95. The first kappa shape index (κ1) is 21.1. The van der Waals surface area contributed by atoms with Crippen LogP contribution in [0, 0.1) is 6.92 Å². The third-order valence-electron chi connectivity index (χ3n) is 3.31. The molecule has 0 amide bonds. The number of benzene rings is 2. The monoisotopic (exact) mass is 494 g/mol. The summed E-state index contributed by atoms with van der Waals surface area (Å²) in [5.74, 6) is 0. The molecule has 0 aliphatic carbocycles. The van der Waals surface area contributed by atoms with Gasteiger partial charge in [0.05, 0.1) is 0 Å². The average molecular weight is 494 g/mol. The van der Waals surface area contributed by atoms with E-state index in [0.29, 0.717) is 0 Å². The van der Waals surface area contributed by atoms with E-state index in [4.69, 9.17) is 0 Å². The second kappa shape index (κ2) is 9.99. The van der Waals surface area contributed by atoms with Gasteiger partial charge in [-0.05, 0) is 0 Å². The number of hydrogen-bond acceptors (Lipinski definition) is 0. The van der Waals surface area contributed by atoms with E-state index in [0.717, 1.165) is 0 Å². The van der Waals surface area contributed by atoms with Crippen LogP contribution in [0.15, 0.2) is 78.9 Å². The minimum absolute atomic E-state index is 0. The van der Waals surface area contributed by atoms with Crippen LogP contribution in [-0.2, 0) is 25.8 Å². The molecule has 0 atom stereocenters. The van der Waals surface area contributed by atoms with Crippen LogP contribution in [0.3, 0.4) is 0 Å². The Bertz CT molecular complexity index is 736. The van der Waals surface area contributed by atoms with Gasteiger partial charge in [-0.15, -0.1) is 70.3 Å². The van der Waals surface area contributed by atoms with Crippen LogP contribution in [-0.4, -0.2) is 0 Å². The molecule has 0 bridgehead atoms. The number of aryl methyl sites for hydroxylation is 1. The summed E-state index contributed by atoms with van der Waals surface area (Å²) < 4.78 is 0. The number of fused-ring (bicyclic) bond motifs is 2. The Morgan fingerprint density at radius 2 is 1.32 bits per heavy atom. The SMILES string of the molecule is Cc1cc2ccccc2[cH-]1.[Cl-].[Cl-].[Hf+4].c1ccc2[cH-]ccc2c1. The zero-order valence-electron chi connectivity index (χ0n) is 12.3. The van der Waals surface area contributed by atoms with E-state index < -0.39 is 0 Å². The zero-order valence-corrected chi connectivity index (χ0v) is 17.4. The van der Waals surface area contributed by atoms with Gasteiger partial charge in [-0.1, -0.05) is 19.1 Å². The predicted molar refractivity (Wildman–Crippen MR) is 83.8 cm³/mol. The summed E-state index contributed by atoms with van der Waals surface area (Å²) in [6, 6.07) is 27.5. The molecule has 0 N–H and O–H groups in total. The molecule has 4 aromatic carbocycles. The van der Waals surface area contributed by atoms with Crippen molar-refractivity contribution in [3.63, 3.8) is 0 Å². The molecule has 4 rings (SSSR count). The van der Waals surface area contributed by atoms with Gasteiger partial charge in [-0.25, -0.2) is 0 Å². The van der Waals surface area contributed by atoms with E-state index in [2.05, 4.69) is 85.8 Å². The largest absolute Gasteiger partial charge is 4.00 e. The molecule has 0 saturated heterocycles. The average Bonchev–Trinajstić information content (AvgIpc) is 3.03. The maximum Gasteiger partial charge on any atom is 4.00 e. The van der Waals surface area contributed by atoms with Crippen molar-refractivity contribution in [1.29, 1.82) is 0 Å². The molecule has 0 aromatic heterocycles. The Morgan fingerprint density at radius 3 is 1.95 bits per heavy atom. The smallest absolute Gasteiger partial charge is 1.00 e. The third kappa shape index (κ3) is 5.08. The first-order valence-electron chi connectivity index (χ1n) is 6.55. The molecule has 0 nitrogen and oxygen atoms in total. The van der Waals surface area contributed by atoms with Gasteiger partial charge < -0.3 is 24.8 Å². The topological polar surface area (TPSA) is 0 Å². The number of rotatable bonds is 0. The molecule has 0 spiro atoms. The van der Waals surface area contributed by atoms with Gasteiger partial charge in [0.25, 0.3) is 0 Å². The van der Waals surface area contributed by atoms with E-state index in [1.54, 1.807) is 0 Å². The number of halogens is 2. The Labute approximate surface area is 162 Å². The van der Waals surface area contributed by atoms with Gasteiger partial charge in [-0.2, -0.15) is 23.6 Å². The van der Waals surface area contributed by atoms with Crippen molar-refractivity contribution in [2.45, 2.75) is 6.92 Å². The Balaban J connectivity index is 0.000000354. The van der Waals surface area contributed by atoms with E-state index in [-0.39, 0.29) is 50.7 Å². The summed E-state index contributed by atoms with van der Waals surface area (Å²) in [5.41, 5.74) is 1.35. The minimum Gasteiger partial charge on any atom is -1.00 e. The molecular formula is C19H16Cl2Hf. The van der Waals surface area contributed by atoms with Crippen LogP contribution in [0.25, 0.3) is 21.5 Å².